The topological polar surface area (TPSA) is 125 Å². The first-order valence-corrected chi connectivity index (χ1v) is 18.2. The van der Waals surface area contributed by atoms with Crippen LogP contribution in [0.3, 0.4) is 0 Å². The molecule has 6 atom stereocenters. The van der Waals surface area contributed by atoms with E-state index in [2.05, 4.69) is 5.43 Å². The number of anilines is 1. The molecule has 2 heterocycles. The lowest BCUT2D eigenvalue weighted by Gasteiger charge is -2.50. The molecular formula is C40H39ClFN3O7. The number of hydrazine groups is 1. The number of phenols is 1. The van der Waals surface area contributed by atoms with Crippen LogP contribution in [0.1, 0.15) is 62.0 Å². The number of methoxy groups -OCH3 is 2. The van der Waals surface area contributed by atoms with Crippen molar-refractivity contribution in [1.82, 2.24) is 9.91 Å². The fourth-order valence-electron chi connectivity index (χ4n) is 9.83. The van der Waals surface area contributed by atoms with Crippen molar-refractivity contribution in [2.75, 3.05) is 19.6 Å². The van der Waals surface area contributed by atoms with Crippen LogP contribution >= 0.6 is 11.6 Å². The van der Waals surface area contributed by atoms with Crippen molar-refractivity contribution < 1.29 is 38.1 Å². The van der Waals surface area contributed by atoms with E-state index >= 15 is 4.79 Å². The van der Waals surface area contributed by atoms with Gasteiger partial charge in [0.15, 0.2) is 11.5 Å². The maximum Gasteiger partial charge on any atom is 0.260 e. The van der Waals surface area contributed by atoms with Gasteiger partial charge in [0, 0.05) is 17.0 Å². The van der Waals surface area contributed by atoms with Crippen LogP contribution in [0, 0.1) is 29.5 Å². The molecule has 270 valence electrons. The zero-order valence-electron chi connectivity index (χ0n) is 28.8. The van der Waals surface area contributed by atoms with Gasteiger partial charge in [0.2, 0.25) is 17.6 Å². The molecule has 2 N–H and O–H groups in total. The van der Waals surface area contributed by atoms with Crippen molar-refractivity contribution >= 4 is 40.9 Å². The monoisotopic (exact) mass is 727 g/mol. The second kappa shape index (κ2) is 12.9. The number of hydrogen-bond donors (Lipinski definition) is 2. The van der Waals surface area contributed by atoms with Gasteiger partial charge in [0.05, 0.1) is 43.1 Å². The highest BCUT2D eigenvalue weighted by Crippen LogP contribution is 2.65. The van der Waals surface area contributed by atoms with Gasteiger partial charge in [-0.1, -0.05) is 54.6 Å². The number of allylic oxidation sites excluding steroid dienone is 2. The maximum absolute atomic E-state index is 15.3. The number of nitrogens with one attached hydrogen (secondary N) is 1. The summed E-state index contributed by atoms with van der Waals surface area (Å²) in [5.41, 5.74) is 3.51. The highest BCUT2D eigenvalue weighted by atomic mass is 35.5. The summed E-state index contributed by atoms with van der Waals surface area (Å²) in [6.45, 7) is 0. The van der Waals surface area contributed by atoms with E-state index in [4.69, 9.17) is 21.1 Å². The molecule has 6 unspecified atom stereocenters. The van der Waals surface area contributed by atoms with E-state index in [0.717, 1.165) is 42.7 Å². The lowest BCUT2D eigenvalue weighted by molar-refractivity contribution is -0.144. The third kappa shape index (κ3) is 5.03. The summed E-state index contributed by atoms with van der Waals surface area (Å²) in [6, 6.07) is 15.3. The van der Waals surface area contributed by atoms with Crippen LogP contribution in [0.2, 0.25) is 5.02 Å². The van der Waals surface area contributed by atoms with Crippen LogP contribution < -0.4 is 14.9 Å². The molecule has 0 aromatic heterocycles. The van der Waals surface area contributed by atoms with E-state index in [9.17, 15) is 23.9 Å². The number of amides is 4. The predicted octanol–water partition coefficient (Wildman–Crippen LogP) is 6.52. The van der Waals surface area contributed by atoms with Crippen molar-refractivity contribution in [2.24, 2.45) is 23.7 Å². The lowest BCUT2D eigenvalue weighted by atomic mass is 9.49. The summed E-state index contributed by atoms with van der Waals surface area (Å²) in [4.78, 5) is 60.3. The van der Waals surface area contributed by atoms with Gasteiger partial charge in [-0.2, -0.15) is 5.01 Å². The fourth-order valence-corrected chi connectivity index (χ4v) is 9.96. The third-order valence-electron chi connectivity index (χ3n) is 12.1. The summed E-state index contributed by atoms with van der Waals surface area (Å²) in [6.07, 6.45) is 6.94. The summed E-state index contributed by atoms with van der Waals surface area (Å²) in [7, 11) is 2.82. The Morgan fingerprint density at radius 2 is 1.52 bits per heavy atom. The Hall–Kier alpha value is -4.90. The molecule has 10 nitrogen and oxygen atoms in total. The first-order chi connectivity index (χ1) is 25.1. The summed E-state index contributed by atoms with van der Waals surface area (Å²) in [5.74, 6) is -5.66. The van der Waals surface area contributed by atoms with Crippen LogP contribution in [-0.4, -0.2) is 58.9 Å². The highest BCUT2D eigenvalue weighted by Gasteiger charge is 2.70. The number of ether oxygens (including phenoxy) is 2. The van der Waals surface area contributed by atoms with Crippen molar-refractivity contribution in [2.45, 2.75) is 62.3 Å². The molecule has 3 aromatic rings. The molecular weight excluding hydrogens is 689 g/mol. The van der Waals surface area contributed by atoms with Gasteiger partial charge in [-0.15, -0.1) is 0 Å². The molecule has 2 aliphatic heterocycles. The molecule has 4 amide bonds. The number of fused-ring (bicyclic) bond motifs is 4. The smallest absolute Gasteiger partial charge is 0.260 e. The van der Waals surface area contributed by atoms with Crippen molar-refractivity contribution in [3.8, 4) is 17.2 Å². The second-order valence-electron chi connectivity index (χ2n) is 14.5. The van der Waals surface area contributed by atoms with Gasteiger partial charge in [0.1, 0.15) is 5.82 Å². The summed E-state index contributed by atoms with van der Waals surface area (Å²) >= 11 is 6.38. The molecule has 0 bridgehead atoms. The number of benzene rings is 3. The van der Waals surface area contributed by atoms with E-state index < -0.39 is 52.6 Å². The van der Waals surface area contributed by atoms with Crippen molar-refractivity contribution in [3.63, 3.8) is 0 Å². The number of nitrogens with zero attached hydrogens (tertiary/aromatic N) is 2. The van der Waals surface area contributed by atoms with Crippen LogP contribution in [0.25, 0.3) is 0 Å². The van der Waals surface area contributed by atoms with Crippen LogP contribution in [0.5, 0.6) is 17.2 Å². The van der Waals surface area contributed by atoms with Crippen LogP contribution in [0.4, 0.5) is 10.1 Å². The van der Waals surface area contributed by atoms with E-state index in [1.54, 1.807) is 36.4 Å². The first kappa shape index (κ1) is 34.2. The Morgan fingerprint density at radius 1 is 0.865 bits per heavy atom. The largest absolute Gasteiger partial charge is 0.502 e. The Kier molecular flexibility index (Phi) is 8.52. The van der Waals surface area contributed by atoms with E-state index in [-0.39, 0.29) is 41.5 Å². The van der Waals surface area contributed by atoms with E-state index in [1.165, 1.54) is 43.4 Å². The minimum atomic E-state index is -1.58. The summed E-state index contributed by atoms with van der Waals surface area (Å²) in [5, 5.41) is 12.4. The van der Waals surface area contributed by atoms with Gasteiger partial charge >= 0.3 is 0 Å². The molecule has 0 radical (unpaired) electrons. The van der Waals surface area contributed by atoms with Crippen LogP contribution in [0.15, 0.2) is 72.3 Å². The SMILES string of the molecule is COc1cc(C2C3=CCC4C(=O)N(C5CCCCC5)C(=O)C4C3CC3C(=O)N(Nc4ccc(F)cc4)C(=O)C32c2ccc(Cl)cc2)cc(OC)c1O. The summed E-state index contributed by atoms with van der Waals surface area (Å²) < 4.78 is 25.1. The molecule has 0 spiro atoms. The first-order valence-electron chi connectivity index (χ1n) is 17.8. The van der Waals surface area contributed by atoms with Gasteiger partial charge in [-0.3, -0.25) is 29.5 Å². The number of hydrogen-bond acceptors (Lipinski definition) is 8. The van der Waals surface area contributed by atoms with Crippen LogP contribution in [-0.2, 0) is 24.6 Å². The normalized spacial score (nSPS) is 28.7. The van der Waals surface area contributed by atoms with Gasteiger partial charge in [-0.25, -0.2) is 4.39 Å². The Morgan fingerprint density at radius 3 is 2.15 bits per heavy atom. The second-order valence-corrected chi connectivity index (χ2v) is 14.9. The Bertz CT molecular complexity index is 1970. The Labute approximate surface area is 305 Å². The van der Waals surface area contributed by atoms with Crippen molar-refractivity contribution in [1.29, 1.82) is 0 Å². The number of aromatic hydroxyl groups is 1. The molecule has 2 saturated heterocycles. The number of carbonyl (C=O) groups is 4. The number of imide groups is 2. The van der Waals surface area contributed by atoms with Crippen molar-refractivity contribution in [3.05, 3.63) is 94.3 Å². The molecule has 52 heavy (non-hydrogen) atoms. The highest BCUT2D eigenvalue weighted by molar-refractivity contribution is 6.30. The zero-order valence-corrected chi connectivity index (χ0v) is 29.6. The number of halogens is 2. The quantitative estimate of drug-likeness (QED) is 0.208. The Balaban J connectivity index is 1.34. The average molecular weight is 728 g/mol. The lowest BCUT2D eigenvalue weighted by Crippen LogP contribution is -2.53. The number of phenolic OH excluding ortho intramolecular Hbond substituents is 1. The number of likely N-dealkylation sites (tertiary alicyclic amines) is 1. The zero-order chi connectivity index (χ0) is 36.5. The molecule has 5 aliphatic rings. The van der Waals surface area contributed by atoms with E-state index in [0.29, 0.717) is 28.3 Å². The molecule has 8 rings (SSSR count). The third-order valence-corrected chi connectivity index (χ3v) is 12.3. The molecule has 12 heteroatoms. The molecule has 3 aliphatic carbocycles. The maximum atomic E-state index is 15.3. The average Bonchev–Trinajstić information content (AvgIpc) is 3.54. The number of rotatable bonds is 7. The molecule has 4 fully saturated rings. The van der Waals surface area contributed by atoms with Gasteiger partial charge < -0.3 is 14.6 Å². The fraction of sp³-hybridized carbons (Fsp3) is 0.400. The molecule has 2 saturated carbocycles. The van der Waals surface area contributed by atoms with Gasteiger partial charge in [0.25, 0.3) is 11.8 Å². The van der Waals surface area contributed by atoms with Gasteiger partial charge in [-0.05, 0) is 91.3 Å². The number of carbonyl (C=O) groups excluding carboxylic acids is 4. The minimum absolute atomic E-state index is 0.0993. The predicted molar refractivity (Wildman–Crippen MR) is 189 cm³/mol. The van der Waals surface area contributed by atoms with E-state index in [1.807, 2.05) is 6.08 Å². The minimum Gasteiger partial charge on any atom is -0.502 e. The molecule has 3 aromatic carbocycles. The standard InChI is InChI=1S/C40H39ClFN3O7/c1-51-31-18-21(19-32(52-2)35(31)46)34-27-16-17-28-33(38(49)44(36(28)47)26-6-4-3-5-7-26)29(27)20-30-37(48)45(43-25-14-12-24(42)13-15-25)39(50)40(30,34)22-8-10-23(41)11-9-22/h8-16,18-19,26,28-30,33-34,43,46H,3-7,17,20H2,1-2H3.